The number of amides is 1. The summed E-state index contributed by atoms with van der Waals surface area (Å²) < 4.78 is 36.6. The molecule has 1 rings (SSSR count). The Balaban J connectivity index is 2.49. The lowest BCUT2D eigenvalue weighted by molar-refractivity contribution is -0.137. The van der Waals surface area contributed by atoms with Gasteiger partial charge >= 0.3 is 6.18 Å². The van der Waals surface area contributed by atoms with Gasteiger partial charge in [-0.2, -0.15) is 13.2 Å². The topological polar surface area (TPSA) is 54.0 Å². The number of anilines is 1. The number of hydrogen-bond acceptors (Lipinski definition) is 3. The third-order valence-electron chi connectivity index (χ3n) is 2.03. The summed E-state index contributed by atoms with van der Waals surface area (Å²) >= 11 is 0. The minimum atomic E-state index is -4.38. The molecule has 0 unspecified atom stereocenters. The summed E-state index contributed by atoms with van der Waals surface area (Å²) in [6.45, 7) is 0.317. The van der Waals surface area contributed by atoms with E-state index in [0.29, 0.717) is 12.4 Å². The number of hydrogen-bond donors (Lipinski definition) is 2. The van der Waals surface area contributed by atoms with Crippen LogP contribution >= 0.6 is 0 Å². The van der Waals surface area contributed by atoms with Crippen LogP contribution in [0, 0.1) is 0 Å². The number of alkyl halides is 3. The molecular weight excluding hydrogens is 235 g/mol. The highest BCUT2D eigenvalue weighted by Gasteiger charge is 2.30. The summed E-state index contributed by atoms with van der Waals surface area (Å²) in [5.74, 6) is 0.159. The molecule has 1 heterocycles. The van der Waals surface area contributed by atoms with Gasteiger partial charge in [0.2, 0.25) is 5.91 Å². The second-order valence-corrected chi connectivity index (χ2v) is 3.28. The van der Waals surface area contributed by atoms with Crippen LogP contribution in [0.1, 0.15) is 12.0 Å². The molecule has 7 heteroatoms. The normalized spacial score (nSPS) is 11.1. The lowest BCUT2D eigenvalue weighted by atomic mass is 10.3. The Morgan fingerprint density at radius 2 is 2.12 bits per heavy atom. The quantitative estimate of drug-likeness (QED) is 0.850. The van der Waals surface area contributed by atoms with Crippen LogP contribution in [-0.2, 0) is 11.0 Å². The van der Waals surface area contributed by atoms with E-state index in [1.165, 1.54) is 13.1 Å². The molecule has 1 aromatic heterocycles. The van der Waals surface area contributed by atoms with Gasteiger partial charge in [-0.3, -0.25) is 4.79 Å². The first-order valence-electron chi connectivity index (χ1n) is 4.91. The van der Waals surface area contributed by atoms with E-state index in [2.05, 4.69) is 15.6 Å². The molecule has 17 heavy (non-hydrogen) atoms. The first-order valence-corrected chi connectivity index (χ1v) is 4.91. The summed E-state index contributed by atoms with van der Waals surface area (Å²) in [7, 11) is 1.51. The highest BCUT2D eigenvalue weighted by atomic mass is 19.4. The molecule has 1 amide bonds. The molecule has 1 aromatic rings. The molecule has 94 valence electrons. The van der Waals surface area contributed by atoms with Crippen molar-refractivity contribution >= 4 is 11.7 Å². The fraction of sp³-hybridized carbons (Fsp3) is 0.400. The zero-order valence-electron chi connectivity index (χ0n) is 9.14. The molecule has 2 N–H and O–H groups in total. The first kappa shape index (κ1) is 13.3. The number of pyridine rings is 1. The highest BCUT2D eigenvalue weighted by Crippen LogP contribution is 2.28. The minimum Gasteiger partial charge on any atom is -0.370 e. The number of rotatable bonds is 4. The molecule has 0 atom stereocenters. The van der Waals surface area contributed by atoms with Crippen LogP contribution in [0.15, 0.2) is 18.3 Å². The second kappa shape index (κ2) is 5.51. The zero-order valence-corrected chi connectivity index (χ0v) is 9.14. The van der Waals surface area contributed by atoms with Crippen molar-refractivity contribution in [2.75, 3.05) is 18.9 Å². The van der Waals surface area contributed by atoms with Gasteiger partial charge in [0.1, 0.15) is 5.82 Å². The average Bonchev–Trinajstić information content (AvgIpc) is 2.28. The van der Waals surface area contributed by atoms with Crippen LogP contribution < -0.4 is 10.6 Å². The number of halogens is 3. The van der Waals surface area contributed by atoms with Crippen molar-refractivity contribution in [3.8, 4) is 0 Å². The van der Waals surface area contributed by atoms with E-state index in [-0.39, 0.29) is 12.3 Å². The third kappa shape index (κ3) is 4.29. The van der Waals surface area contributed by atoms with E-state index in [4.69, 9.17) is 0 Å². The van der Waals surface area contributed by atoms with Crippen molar-refractivity contribution < 1.29 is 18.0 Å². The highest BCUT2D eigenvalue weighted by molar-refractivity contribution is 5.76. The molecule has 0 bridgehead atoms. The van der Waals surface area contributed by atoms with Crippen LogP contribution in [0.2, 0.25) is 0 Å². The zero-order chi connectivity index (χ0) is 12.9. The first-order chi connectivity index (χ1) is 7.93. The lowest BCUT2D eigenvalue weighted by Crippen LogP contribution is -2.21. The molecule has 0 spiro atoms. The third-order valence-corrected chi connectivity index (χ3v) is 2.03. The Hall–Kier alpha value is -1.79. The van der Waals surface area contributed by atoms with Gasteiger partial charge in [0.05, 0.1) is 5.56 Å². The molecule has 4 nitrogen and oxygen atoms in total. The summed E-state index contributed by atoms with van der Waals surface area (Å²) in [6, 6.07) is 2.17. The number of aromatic nitrogens is 1. The smallest absolute Gasteiger partial charge is 0.370 e. The Morgan fingerprint density at radius 3 is 2.59 bits per heavy atom. The molecule has 0 aliphatic carbocycles. The Labute approximate surface area is 96.2 Å². The van der Waals surface area contributed by atoms with Gasteiger partial charge < -0.3 is 10.6 Å². The number of carbonyl (C=O) groups is 1. The summed E-state index contributed by atoms with van der Waals surface area (Å²) in [5, 5.41) is 5.18. The minimum absolute atomic E-state index is 0.149. The van der Waals surface area contributed by atoms with Crippen molar-refractivity contribution in [3.05, 3.63) is 23.9 Å². The summed E-state index contributed by atoms with van der Waals surface area (Å²) in [4.78, 5) is 14.5. The van der Waals surface area contributed by atoms with Gasteiger partial charge in [-0.15, -0.1) is 0 Å². The summed E-state index contributed by atoms with van der Waals surface area (Å²) in [6.07, 6.45) is -3.39. The second-order valence-electron chi connectivity index (χ2n) is 3.28. The van der Waals surface area contributed by atoms with Gasteiger partial charge in [-0.1, -0.05) is 0 Å². The van der Waals surface area contributed by atoms with E-state index < -0.39 is 11.7 Å². The van der Waals surface area contributed by atoms with Crippen molar-refractivity contribution in [1.29, 1.82) is 0 Å². The molecule has 0 aliphatic rings. The predicted molar refractivity (Wildman–Crippen MR) is 56.4 cm³/mol. The predicted octanol–water partition coefficient (Wildman–Crippen LogP) is 1.65. The van der Waals surface area contributed by atoms with Crippen LogP contribution in [0.4, 0.5) is 19.0 Å². The van der Waals surface area contributed by atoms with Crippen LogP contribution in [0.25, 0.3) is 0 Å². The summed E-state index contributed by atoms with van der Waals surface area (Å²) in [5.41, 5.74) is -0.797. The van der Waals surface area contributed by atoms with Gasteiger partial charge in [-0.25, -0.2) is 4.98 Å². The van der Waals surface area contributed by atoms with E-state index in [0.717, 1.165) is 12.3 Å². The lowest BCUT2D eigenvalue weighted by Gasteiger charge is -2.08. The van der Waals surface area contributed by atoms with Crippen LogP contribution in [0.3, 0.4) is 0 Å². The van der Waals surface area contributed by atoms with Crippen LogP contribution in [0.5, 0.6) is 0 Å². The van der Waals surface area contributed by atoms with E-state index >= 15 is 0 Å². The standard InChI is InChI=1S/C10H12F3N3O/c1-14-9(17)4-5-15-8-3-2-7(6-16-8)10(11,12)13/h2-3,6H,4-5H2,1H3,(H,14,17)(H,15,16). The molecule has 0 fully saturated rings. The van der Waals surface area contributed by atoms with Gasteiger partial charge in [0, 0.05) is 26.2 Å². The maximum Gasteiger partial charge on any atom is 0.417 e. The number of nitrogens with one attached hydrogen (secondary N) is 2. The molecule has 0 radical (unpaired) electrons. The SMILES string of the molecule is CNC(=O)CCNc1ccc(C(F)(F)F)cn1. The van der Waals surface area contributed by atoms with Gasteiger partial charge in [0.15, 0.2) is 0 Å². The average molecular weight is 247 g/mol. The Morgan fingerprint density at radius 1 is 1.41 bits per heavy atom. The van der Waals surface area contributed by atoms with E-state index in [1.54, 1.807) is 0 Å². The molecule has 0 saturated carbocycles. The fourth-order valence-electron chi connectivity index (χ4n) is 1.10. The van der Waals surface area contributed by atoms with E-state index in [1.807, 2.05) is 0 Å². The van der Waals surface area contributed by atoms with Crippen molar-refractivity contribution in [1.82, 2.24) is 10.3 Å². The maximum atomic E-state index is 12.2. The van der Waals surface area contributed by atoms with Crippen LogP contribution in [-0.4, -0.2) is 24.5 Å². The molecular formula is C10H12F3N3O. The van der Waals surface area contributed by atoms with Gasteiger partial charge in [-0.05, 0) is 12.1 Å². The maximum absolute atomic E-state index is 12.2. The Kier molecular flexibility index (Phi) is 4.30. The number of carbonyl (C=O) groups excluding carboxylic acids is 1. The number of nitrogens with zero attached hydrogens (tertiary/aromatic N) is 1. The van der Waals surface area contributed by atoms with E-state index in [9.17, 15) is 18.0 Å². The van der Waals surface area contributed by atoms with Crippen molar-refractivity contribution in [2.45, 2.75) is 12.6 Å². The van der Waals surface area contributed by atoms with Crippen molar-refractivity contribution in [3.63, 3.8) is 0 Å². The molecule has 0 aliphatic heterocycles. The molecule has 0 saturated heterocycles. The van der Waals surface area contributed by atoms with Crippen molar-refractivity contribution in [2.24, 2.45) is 0 Å². The van der Waals surface area contributed by atoms with Gasteiger partial charge in [0.25, 0.3) is 0 Å². The monoisotopic (exact) mass is 247 g/mol. The largest absolute Gasteiger partial charge is 0.417 e. The molecule has 0 aromatic carbocycles. The fourth-order valence-corrected chi connectivity index (χ4v) is 1.10. The Bertz CT molecular complexity index is 375.